The number of amides is 2. The van der Waals surface area contributed by atoms with Crippen molar-refractivity contribution in [2.24, 2.45) is 0 Å². The van der Waals surface area contributed by atoms with Gasteiger partial charge in [0.15, 0.2) is 0 Å². The second-order valence-corrected chi connectivity index (χ2v) is 7.39. The van der Waals surface area contributed by atoms with Crippen molar-refractivity contribution in [1.29, 1.82) is 0 Å². The Bertz CT molecular complexity index is 1070. The maximum atomic E-state index is 12.7. The summed E-state index contributed by atoms with van der Waals surface area (Å²) in [6, 6.07) is 13.8. The maximum Gasteiger partial charge on any atom is 0.411 e. The van der Waals surface area contributed by atoms with Crippen LogP contribution in [0.4, 0.5) is 22.0 Å². The van der Waals surface area contributed by atoms with E-state index in [4.69, 9.17) is 16.3 Å². The van der Waals surface area contributed by atoms with Gasteiger partial charge in [-0.1, -0.05) is 23.7 Å². The molecule has 32 heavy (non-hydrogen) atoms. The maximum absolute atomic E-state index is 12.7. The summed E-state index contributed by atoms with van der Waals surface area (Å²) < 4.78 is 5.57. The highest BCUT2D eigenvalue weighted by atomic mass is 35.5. The number of carbonyl (C=O) groups excluding carboxylic acids is 2. The van der Waals surface area contributed by atoms with Gasteiger partial charge in [0, 0.05) is 37.2 Å². The monoisotopic (exact) mass is 473 g/mol. The quantitative estimate of drug-likeness (QED) is 0.560. The molecule has 0 radical (unpaired) electrons. The number of anilines is 3. The average Bonchev–Trinajstić information content (AvgIpc) is 3.24. The summed E-state index contributed by atoms with van der Waals surface area (Å²) in [7, 11) is 0. The Kier molecular flexibility index (Phi) is 7.86. The smallest absolute Gasteiger partial charge is 0.411 e. The van der Waals surface area contributed by atoms with Crippen molar-refractivity contribution in [3.05, 3.63) is 77.7 Å². The van der Waals surface area contributed by atoms with Crippen molar-refractivity contribution in [2.45, 2.75) is 12.5 Å². The first-order valence-corrected chi connectivity index (χ1v) is 10.1. The van der Waals surface area contributed by atoms with E-state index in [9.17, 15) is 9.59 Å². The Labute approximate surface area is 196 Å². The molecule has 0 saturated carbocycles. The lowest BCUT2D eigenvalue weighted by Crippen LogP contribution is -2.27. The molecule has 1 aliphatic heterocycles. The largest absolute Gasteiger partial charge is 0.444 e. The first-order valence-electron chi connectivity index (χ1n) is 9.73. The number of nitrogens with one attached hydrogen (secondary N) is 2. The molecule has 0 spiro atoms. The zero-order valence-electron chi connectivity index (χ0n) is 16.9. The van der Waals surface area contributed by atoms with Crippen LogP contribution in [0.1, 0.15) is 16.8 Å². The van der Waals surface area contributed by atoms with Gasteiger partial charge in [0.05, 0.1) is 22.8 Å². The van der Waals surface area contributed by atoms with Crippen LogP contribution < -0.4 is 15.5 Å². The van der Waals surface area contributed by atoms with E-state index < -0.39 is 12.0 Å². The van der Waals surface area contributed by atoms with Gasteiger partial charge in [-0.15, -0.1) is 12.4 Å². The van der Waals surface area contributed by atoms with E-state index in [1.165, 1.54) is 6.20 Å². The molecule has 3 heterocycles. The molecular weight excluding hydrogens is 453 g/mol. The first-order chi connectivity index (χ1) is 15.1. The zero-order chi connectivity index (χ0) is 21.6. The van der Waals surface area contributed by atoms with E-state index in [1.807, 2.05) is 12.1 Å². The first kappa shape index (κ1) is 23.3. The number of rotatable bonds is 5. The van der Waals surface area contributed by atoms with E-state index in [1.54, 1.807) is 48.8 Å². The standard InChI is InChI=1S/C22H20ClN5O3.ClH/c23-15-5-6-20(25-13-15)27-21(29)18-3-1-2-4-19(18)26-22(30)31-17-9-12-28(14-17)16-7-10-24-11-8-16;/h1-8,10-11,13,17H,9,12,14H2,(H,26,30)(H,25,27,29);1H/t17-;/m0./s1. The Morgan fingerprint density at radius 2 is 1.84 bits per heavy atom. The molecule has 3 aromatic rings. The van der Waals surface area contributed by atoms with Crippen molar-refractivity contribution in [1.82, 2.24) is 9.97 Å². The van der Waals surface area contributed by atoms with Gasteiger partial charge >= 0.3 is 6.09 Å². The number of carbonyl (C=O) groups is 2. The minimum Gasteiger partial charge on any atom is -0.444 e. The number of benzene rings is 1. The molecule has 0 aliphatic carbocycles. The Morgan fingerprint density at radius 3 is 2.59 bits per heavy atom. The van der Waals surface area contributed by atoms with Gasteiger partial charge in [0.2, 0.25) is 0 Å². The number of halogens is 2. The lowest BCUT2D eigenvalue weighted by Gasteiger charge is -2.18. The van der Waals surface area contributed by atoms with Crippen LogP contribution in [0.2, 0.25) is 5.02 Å². The second kappa shape index (κ2) is 10.8. The Balaban J connectivity index is 0.00000289. The lowest BCUT2D eigenvalue weighted by atomic mass is 10.1. The van der Waals surface area contributed by atoms with Crippen LogP contribution in [0, 0.1) is 0 Å². The van der Waals surface area contributed by atoms with Crippen molar-refractivity contribution in [3.8, 4) is 0 Å². The van der Waals surface area contributed by atoms with Crippen molar-refractivity contribution < 1.29 is 14.3 Å². The fraction of sp³-hybridized carbons (Fsp3) is 0.182. The molecule has 2 amide bonds. The van der Waals surface area contributed by atoms with Gasteiger partial charge < -0.3 is 15.0 Å². The van der Waals surface area contributed by atoms with E-state index in [0.717, 1.165) is 18.7 Å². The highest BCUT2D eigenvalue weighted by Gasteiger charge is 2.26. The molecule has 10 heteroatoms. The molecule has 0 bridgehead atoms. The number of ether oxygens (including phenoxy) is 1. The Morgan fingerprint density at radius 1 is 1.06 bits per heavy atom. The second-order valence-electron chi connectivity index (χ2n) is 6.95. The van der Waals surface area contributed by atoms with E-state index in [2.05, 4.69) is 25.5 Å². The summed E-state index contributed by atoms with van der Waals surface area (Å²) in [4.78, 5) is 35.3. The predicted molar refractivity (Wildman–Crippen MR) is 126 cm³/mol. The third kappa shape index (κ3) is 5.87. The summed E-state index contributed by atoms with van der Waals surface area (Å²) in [6.45, 7) is 1.39. The van der Waals surface area contributed by atoms with Crippen molar-refractivity contribution in [2.75, 3.05) is 28.6 Å². The molecule has 8 nitrogen and oxygen atoms in total. The molecule has 4 rings (SSSR count). The molecule has 1 fully saturated rings. The van der Waals surface area contributed by atoms with Crippen LogP contribution in [-0.2, 0) is 4.74 Å². The van der Waals surface area contributed by atoms with E-state index in [-0.39, 0.29) is 18.5 Å². The van der Waals surface area contributed by atoms with Crippen LogP contribution in [0.15, 0.2) is 67.1 Å². The molecule has 2 aromatic heterocycles. The molecule has 1 aliphatic rings. The normalized spacial score (nSPS) is 14.9. The average molecular weight is 474 g/mol. The minimum absolute atomic E-state index is 0. The highest BCUT2D eigenvalue weighted by molar-refractivity contribution is 6.30. The van der Waals surface area contributed by atoms with Crippen molar-refractivity contribution in [3.63, 3.8) is 0 Å². The summed E-state index contributed by atoms with van der Waals surface area (Å²) in [6.07, 6.45) is 4.78. The molecule has 1 saturated heterocycles. The Hall–Kier alpha value is -3.36. The van der Waals surface area contributed by atoms with Crippen LogP contribution >= 0.6 is 24.0 Å². The fourth-order valence-corrected chi connectivity index (χ4v) is 3.44. The molecule has 2 N–H and O–H groups in total. The third-order valence-corrected chi connectivity index (χ3v) is 5.05. The number of aromatic nitrogens is 2. The van der Waals surface area contributed by atoms with Gasteiger partial charge in [-0.3, -0.25) is 15.1 Å². The van der Waals surface area contributed by atoms with Crippen LogP contribution in [0.5, 0.6) is 0 Å². The topological polar surface area (TPSA) is 96.5 Å². The minimum atomic E-state index is -0.605. The fourth-order valence-electron chi connectivity index (χ4n) is 3.33. The number of hydrogen-bond acceptors (Lipinski definition) is 6. The van der Waals surface area contributed by atoms with Crippen molar-refractivity contribution >= 4 is 53.2 Å². The van der Waals surface area contributed by atoms with Crippen LogP contribution in [0.25, 0.3) is 0 Å². The molecule has 166 valence electrons. The highest BCUT2D eigenvalue weighted by Crippen LogP contribution is 2.22. The summed E-state index contributed by atoms with van der Waals surface area (Å²) in [5.41, 5.74) is 1.68. The lowest BCUT2D eigenvalue weighted by molar-refractivity contribution is 0.102. The number of pyridine rings is 2. The molecule has 0 unspecified atom stereocenters. The molecular formula is C22H21Cl2N5O3. The van der Waals surface area contributed by atoms with Crippen LogP contribution in [-0.4, -0.2) is 41.2 Å². The molecule has 1 atom stereocenters. The number of para-hydroxylation sites is 1. The summed E-state index contributed by atoms with van der Waals surface area (Å²) >= 11 is 5.82. The SMILES string of the molecule is Cl.O=C(Nc1ccccc1C(=O)Nc1ccc(Cl)cn1)O[C@H]1CCN(c2ccncc2)C1. The van der Waals surface area contributed by atoms with Gasteiger partial charge in [0.1, 0.15) is 11.9 Å². The number of hydrogen-bond donors (Lipinski definition) is 2. The number of nitrogens with zero attached hydrogens (tertiary/aromatic N) is 3. The van der Waals surface area contributed by atoms with E-state index >= 15 is 0 Å². The molecule has 1 aromatic carbocycles. The predicted octanol–water partition coefficient (Wildman–Crippen LogP) is 4.63. The zero-order valence-corrected chi connectivity index (χ0v) is 18.5. The summed E-state index contributed by atoms with van der Waals surface area (Å²) in [5.74, 6) is -0.0515. The third-order valence-electron chi connectivity index (χ3n) is 4.82. The summed E-state index contributed by atoms with van der Waals surface area (Å²) in [5, 5.41) is 5.83. The van der Waals surface area contributed by atoms with Gasteiger partial charge in [-0.25, -0.2) is 9.78 Å². The van der Waals surface area contributed by atoms with Gasteiger partial charge in [-0.2, -0.15) is 0 Å². The van der Waals surface area contributed by atoms with Crippen LogP contribution in [0.3, 0.4) is 0 Å². The van der Waals surface area contributed by atoms with Gasteiger partial charge in [-0.05, 0) is 36.4 Å². The van der Waals surface area contributed by atoms with E-state index in [0.29, 0.717) is 28.6 Å². The van der Waals surface area contributed by atoms with Gasteiger partial charge in [0.25, 0.3) is 5.91 Å².